The van der Waals surface area contributed by atoms with E-state index in [0.29, 0.717) is 9.50 Å². The molecule has 0 atom stereocenters. The van der Waals surface area contributed by atoms with E-state index in [1.165, 1.54) is 0 Å². The summed E-state index contributed by atoms with van der Waals surface area (Å²) >= 11 is 10.6. The molecule has 0 unspecified atom stereocenters. The summed E-state index contributed by atoms with van der Waals surface area (Å²) in [5, 5.41) is 9.62. The molecule has 0 aromatic heterocycles. The lowest BCUT2D eigenvalue weighted by Crippen LogP contribution is -1.96. The Balaban J connectivity index is 2.22. The van der Waals surface area contributed by atoms with Crippen molar-refractivity contribution in [3.8, 4) is 0 Å². The second kappa shape index (κ2) is 5.78. The van der Waals surface area contributed by atoms with Gasteiger partial charge in [0.1, 0.15) is 0 Å². The zero-order valence-corrected chi connectivity index (χ0v) is 12.2. The molecule has 0 aliphatic carbocycles. The van der Waals surface area contributed by atoms with Crippen LogP contribution in [0.4, 0.5) is 0 Å². The van der Waals surface area contributed by atoms with Gasteiger partial charge in [-0.15, -0.1) is 0 Å². The molecule has 0 aliphatic rings. The predicted molar refractivity (Wildman–Crippen MR) is 76.7 cm³/mol. The van der Waals surface area contributed by atoms with Gasteiger partial charge in [0.25, 0.3) is 0 Å². The fraction of sp³-hybridized carbons (Fsp3) is 0. The Labute approximate surface area is 122 Å². The molecular weight excluding hydrogens is 336 g/mol. The first-order chi connectivity index (χ1) is 8.56. The molecule has 0 heterocycles. The molecule has 1 N–H and O–H groups in total. The van der Waals surface area contributed by atoms with Crippen LogP contribution in [0.1, 0.15) is 10.4 Å². The van der Waals surface area contributed by atoms with Gasteiger partial charge >= 0.3 is 5.97 Å². The molecular formula is C13H8BrClO2S. The number of aromatic carboxylic acids is 1. The van der Waals surface area contributed by atoms with E-state index >= 15 is 0 Å². The molecule has 0 spiro atoms. The van der Waals surface area contributed by atoms with Crippen LogP contribution in [0, 0.1) is 0 Å². The molecule has 0 aliphatic heterocycles. The number of hydrogen-bond donors (Lipinski definition) is 1. The van der Waals surface area contributed by atoms with E-state index in [1.807, 2.05) is 24.3 Å². The van der Waals surface area contributed by atoms with E-state index in [9.17, 15) is 4.79 Å². The Morgan fingerprint density at radius 2 is 1.72 bits per heavy atom. The van der Waals surface area contributed by atoms with Gasteiger partial charge in [-0.1, -0.05) is 23.4 Å². The highest BCUT2D eigenvalue weighted by molar-refractivity contribution is 9.10. The summed E-state index contributed by atoms with van der Waals surface area (Å²) in [5.74, 6) is -0.940. The lowest BCUT2D eigenvalue weighted by atomic mass is 10.2. The Bertz CT molecular complexity index is 584. The second-order valence-corrected chi connectivity index (χ2v) is 5.94. The first kappa shape index (κ1) is 13.5. The SMILES string of the molecule is O=C(O)c1ccc(Sc2ccc(Cl)cc2)cc1Br. The molecule has 0 amide bonds. The third-order valence-electron chi connectivity index (χ3n) is 2.22. The van der Waals surface area contributed by atoms with E-state index in [-0.39, 0.29) is 5.56 Å². The van der Waals surface area contributed by atoms with E-state index in [2.05, 4.69) is 15.9 Å². The minimum Gasteiger partial charge on any atom is -0.478 e. The van der Waals surface area contributed by atoms with Gasteiger partial charge in [-0.05, 0) is 58.4 Å². The largest absolute Gasteiger partial charge is 0.478 e. The lowest BCUT2D eigenvalue weighted by Gasteiger charge is -2.04. The number of benzene rings is 2. The molecule has 0 radical (unpaired) electrons. The van der Waals surface area contributed by atoms with Crippen LogP contribution < -0.4 is 0 Å². The normalized spacial score (nSPS) is 10.3. The zero-order valence-electron chi connectivity index (χ0n) is 9.06. The van der Waals surface area contributed by atoms with Crippen LogP contribution in [0.5, 0.6) is 0 Å². The maximum atomic E-state index is 10.9. The first-order valence-electron chi connectivity index (χ1n) is 5.02. The van der Waals surface area contributed by atoms with Crippen LogP contribution in [0.3, 0.4) is 0 Å². The molecule has 18 heavy (non-hydrogen) atoms. The van der Waals surface area contributed by atoms with Crippen LogP contribution in [0.2, 0.25) is 5.02 Å². The van der Waals surface area contributed by atoms with E-state index in [1.54, 1.807) is 30.0 Å². The number of hydrogen-bond acceptors (Lipinski definition) is 2. The molecule has 92 valence electrons. The average molecular weight is 344 g/mol. The Morgan fingerprint density at radius 3 is 2.28 bits per heavy atom. The molecule has 2 aromatic carbocycles. The smallest absolute Gasteiger partial charge is 0.336 e. The Hall–Kier alpha value is -0.970. The maximum absolute atomic E-state index is 10.9. The van der Waals surface area contributed by atoms with E-state index < -0.39 is 5.97 Å². The Kier molecular flexibility index (Phi) is 4.32. The van der Waals surface area contributed by atoms with Crippen molar-refractivity contribution < 1.29 is 9.90 Å². The van der Waals surface area contributed by atoms with Crippen molar-refractivity contribution in [1.29, 1.82) is 0 Å². The standard InChI is InChI=1S/C13H8BrClO2S/c14-12-7-10(5-6-11(12)13(16)17)18-9-3-1-8(15)2-4-9/h1-7H,(H,16,17). The van der Waals surface area contributed by atoms with Crippen LogP contribution in [-0.2, 0) is 0 Å². The summed E-state index contributed by atoms with van der Waals surface area (Å²) in [7, 11) is 0. The van der Waals surface area contributed by atoms with Gasteiger partial charge in [0.2, 0.25) is 0 Å². The van der Waals surface area contributed by atoms with Crippen molar-refractivity contribution in [3.63, 3.8) is 0 Å². The molecule has 2 nitrogen and oxygen atoms in total. The number of carboxylic acids is 1. The van der Waals surface area contributed by atoms with E-state index in [4.69, 9.17) is 16.7 Å². The summed E-state index contributed by atoms with van der Waals surface area (Å²) in [5.41, 5.74) is 0.260. The summed E-state index contributed by atoms with van der Waals surface area (Å²) in [6, 6.07) is 12.7. The summed E-state index contributed by atoms with van der Waals surface area (Å²) in [4.78, 5) is 12.9. The van der Waals surface area contributed by atoms with Gasteiger partial charge in [-0.25, -0.2) is 4.79 Å². The first-order valence-corrected chi connectivity index (χ1v) is 7.01. The third kappa shape index (κ3) is 3.28. The van der Waals surface area contributed by atoms with Crippen molar-refractivity contribution in [3.05, 3.63) is 57.5 Å². The van der Waals surface area contributed by atoms with E-state index in [0.717, 1.165) is 9.79 Å². The third-order valence-corrected chi connectivity index (χ3v) is 4.13. The van der Waals surface area contributed by atoms with Gasteiger partial charge in [0, 0.05) is 19.3 Å². The quantitative estimate of drug-likeness (QED) is 0.856. The molecule has 0 fully saturated rings. The number of halogens is 2. The van der Waals surface area contributed by atoms with Crippen molar-refractivity contribution >= 4 is 45.3 Å². The van der Waals surface area contributed by atoms with Gasteiger partial charge < -0.3 is 5.11 Å². The highest BCUT2D eigenvalue weighted by Crippen LogP contribution is 2.31. The second-order valence-electron chi connectivity index (χ2n) is 3.50. The van der Waals surface area contributed by atoms with Crippen LogP contribution in [-0.4, -0.2) is 11.1 Å². The van der Waals surface area contributed by atoms with Gasteiger partial charge in [-0.2, -0.15) is 0 Å². The fourth-order valence-corrected chi connectivity index (χ4v) is 3.05. The van der Waals surface area contributed by atoms with Crippen LogP contribution in [0.15, 0.2) is 56.7 Å². The van der Waals surface area contributed by atoms with Crippen molar-refractivity contribution in [1.82, 2.24) is 0 Å². The monoisotopic (exact) mass is 342 g/mol. The zero-order chi connectivity index (χ0) is 13.1. The van der Waals surface area contributed by atoms with Gasteiger partial charge in [0.15, 0.2) is 0 Å². The highest BCUT2D eigenvalue weighted by atomic mass is 79.9. The topological polar surface area (TPSA) is 37.3 Å². The lowest BCUT2D eigenvalue weighted by molar-refractivity contribution is 0.0696. The highest BCUT2D eigenvalue weighted by Gasteiger charge is 2.08. The van der Waals surface area contributed by atoms with Crippen LogP contribution >= 0.6 is 39.3 Å². The predicted octanol–water partition coefficient (Wildman–Crippen LogP) is 4.95. The molecule has 0 saturated heterocycles. The number of rotatable bonds is 3. The average Bonchev–Trinajstić information content (AvgIpc) is 2.32. The molecule has 2 aromatic rings. The van der Waals surface area contributed by atoms with Gasteiger partial charge in [-0.3, -0.25) is 0 Å². The minimum absolute atomic E-state index is 0.260. The number of carboxylic acid groups (broad SMARTS) is 1. The summed E-state index contributed by atoms with van der Waals surface area (Å²) in [6.45, 7) is 0. The van der Waals surface area contributed by atoms with Crippen LogP contribution in [0.25, 0.3) is 0 Å². The molecule has 0 saturated carbocycles. The summed E-state index contributed by atoms with van der Waals surface area (Å²) < 4.78 is 0.578. The van der Waals surface area contributed by atoms with Crippen molar-refractivity contribution in [2.75, 3.05) is 0 Å². The van der Waals surface area contributed by atoms with Crippen molar-refractivity contribution in [2.45, 2.75) is 9.79 Å². The number of carbonyl (C=O) groups is 1. The minimum atomic E-state index is -0.940. The fourth-order valence-electron chi connectivity index (χ4n) is 1.37. The molecule has 0 bridgehead atoms. The van der Waals surface area contributed by atoms with Crippen molar-refractivity contribution in [2.24, 2.45) is 0 Å². The molecule has 5 heteroatoms. The van der Waals surface area contributed by atoms with Gasteiger partial charge in [0.05, 0.1) is 5.56 Å². The Morgan fingerprint density at radius 1 is 1.11 bits per heavy atom. The maximum Gasteiger partial charge on any atom is 0.336 e. The summed E-state index contributed by atoms with van der Waals surface area (Å²) in [6.07, 6.45) is 0. The molecule has 2 rings (SSSR count).